The number of amides is 2. The summed E-state index contributed by atoms with van der Waals surface area (Å²) in [6, 6.07) is 6.36. The number of carboxylic acid groups (broad SMARTS) is 1. The smallest absolute Gasteiger partial charge is 0.305 e. The number of hydrogen-bond acceptors (Lipinski definition) is 4. The number of aliphatic carboxylic acids is 1. The van der Waals surface area contributed by atoms with Gasteiger partial charge in [0.05, 0.1) is 11.9 Å². The van der Waals surface area contributed by atoms with Gasteiger partial charge in [-0.3, -0.25) is 19.5 Å². The average molecular weight is 304 g/mol. The van der Waals surface area contributed by atoms with E-state index in [0.717, 1.165) is 5.52 Å². The van der Waals surface area contributed by atoms with Gasteiger partial charge in [-0.2, -0.15) is 5.10 Å². The van der Waals surface area contributed by atoms with E-state index in [1.165, 1.54) is 6.92 Å². The molecule has 22 heavy (non-hydrogen) atoms. The van der Waals surface area contributed by atoms with Gasteiger partial charge in [-0.1, -0.05) is 18.2 Å². The number of nitrogens with zero attached hydrogens (tertiary/aromatic N) is 1. The van der Waals surface area contributed by atoms with Gasteiger partial charge < -0.3 is 15.7 Å². The third kappa shape index (κ3) is 3.60. The molecule has 1 heterocycles. The SMILES string of the molecule is CC(NC(=O)c1n[nH]c2ccccc12)C(=O)NCCC(=O)O. The van der Waals surface area contributed by atoms with E-state index in [-0.39, 0.29) is 18.7 Å². The second kappa shape index (κ2) is 6.70. The second-order valence-corrected chi connectivity index (χ2v) is 4.75. The highest BCUT2D eigenvalue weighted by molar-refractivity contribution is 6.05. The number of carbonyl (C=O) groups is 3. The number of benzene rings is 1. The molecule has 1 atom stereocenters. The molecule has 0 fully saturated rings. The normalized spacial score (nSPS) is 11.9. The van der Waals surface area contributed by atoms with Crippen molar-refractivity contribution in [2.45, 2.75) is 19.4 Å². The number of para-hydroxylation sites is 1. The molecule has 0 spiro atoms. The maximum Gasteiger partial charge on any atom is 0.305 e. The highest BCUT2D eigenvalue weighted by Crippen LogP contribution is 2.14. The Kier molecular flexibility index (Phi) is 4.72. The molecule has 116 valence electrons. The van der Waals surface area contributed by atoms with Crippen molar-refractivity contribution in [2.75, 3.05) is 6.54 Å². The van der Waals surface area contributed by atoms with E-state index >= 15 is 0 Å². The summed E-state index contributed by atoms with van der Waals surface area (Å²) >= 11 is 0. The molecular weight excluding hydrogens is 288 g/mol. The second-order valence-electron chi connectivity index (χ2n) is 4.75. The fraction of sp³-hybridized carbons (Fsp3) is 0.286. The Morgan fingerprint density at radius 1 is 1.32 bits per heavy atom. The lowest BCUT2D eigenvalue weighted by Crippen LogP contribution is -2.45. The number of H-pyrrole nitrogens is 1. The molecule has 1 aromatic heterocycles. The average Bonchev–Trinajstić information content (AvgIpc) is 2.90. The summed E-state index contributed by atoms with van der Waals surface area (Å²) in [7, 11) is 0. The molecule has 1 unspecified atom stereocenters. The highest BCUT2D eigenvalue weighted by atomic mass is 16.4. The zero-order valence-electron chi connectivity index (χ0n) is 11.9. The Morgan fingerprint density at radius 2 is 2.05 bits per heavy atom. The molecule has 2 aromatic rings. The summed E-state index contributed by atoms with van der Waals surface area (Å²) in [6.07, 6.45) is -0.170. The van der Waals surface area contributed by atoms with Gasteiger partial charge in [-0.25, -0.2) is 0 Å². The van der Waals surface area contributed by atoms with Crippen LogP contribution in [-0.4, -0.2) is 45.7 Å². The molecule has 2 amide bonds. The van der Waals surface area contributed by atoms with Crippen LogP contribution in [0.2, 0.25) is 0 Å². The predicted octanol–water partition coefficient (Wildman–Crippen LogP) is 0.272. The fourth-order valence-electron chi connectivity index (χ4n) is 1.91. The van der Waals surface area contributed by atoms with Crippen molar-refractivity contribution in [2.24, 2.45) is 0 Å². The molecule has 0 bridgehead atoms. The Bertz CT molecular complexity index is 710. The highest BCUT2D eigenvalue weighted by Gasteiger charge is 2.19. The van der Waals surface area contributed by atoms with Crippen LogP contribution in [0.15, 0.2) is 24.3 Å². The number of carbonyl (C=O) groups excluding carboxylic acids is 2. The van der Waals surface area contributed by atoms with Crippen molar-refractivity contribution >= 4 is 28.7 Å². The van der Waals surface area contributed by atoms with Crippen LogP contribution in [0.25, 0.3) is 10.9 Å². The number of aromatic nitrogens is 2. The van der Waals surface area contributed by atoms with E-state index in [1.54, 1.807) is 18.2 Å². The number of fused-ring (bicyclic) bond motifs is 1. The van der Waals surface area contributed by atoms with Gasteiger partial charge in [0.1, 0.15) is 6.04 Å². The molecule has 1 aromatic carbocycles. The predicted molar refractivity (Wildman–Crippen MR) is 78.3 cm³/mol. The third-order valence-corrected chi connectivity index (χ3v) is 3.06. The summed E-state index contributed by atoms with van der Waals surface area (Å²) in [6.45, 7) is 1.53. The van der Waals surface area contributed by atoms with Crippen molar-refractivity contribution in [3.63, 3.8) is 0 Å². The van der Waals surface area contributed by atoms with Crippen LogP contribution < -0.4 is 10.6 Å². The van der Waals surface area contributed by atoms with Gasteiger partial charge in [0.25, 0.3) is 5.91 Å². The van der Waals surface area contributed by atoms with E-state index < -0.39 is 23.8 Å². The first-order valence-corrected chi connectivity index (χ1v) is 6.72. The molecule has 0 aliphatic carbocycles. The van der Waals surface area contributed by atoms with Crippen LogP contribution in [-0.2, 0) is 9.59 Å². The Balaban J connectivity index is 1.96. The lowest BCUT2D eigenvalue weighted by Gasteiger charge is -2.12. The van der Waals surface area contributed by atoms with Gasteiger partial charge in [0.15, 0.2) is 5.69 Å². The summed E-state index contributed by atoms with van der Waals surface area (Å²) in [5, 5.41) is 20.8. The van der Waals surface area contributed by atoms with Crippen LogP contribution in [0.3, 0.4) is 0 Å². The van der Waals surface area contributed by atoms with Crippen molar-refractivity contribution in [1.29, 1.82) is 0 Å². The minimum Gasteiger partial charge on any atom is -0.481 e. The molecule has 2 rings (SSSR count). The zero-order valence-corrected chi connectivity index (χ0v) is 11.9. The molecule has 0 radical (unpaired) electrons. The largest absolute Gasteiger partial charge is 0.481 e. The first-order chi connectivity index (χ1) is 10.5. The summed E-state index contributed by atoms with van der Waals surface area (Å²) in [5.74, 6) is -1.92. The Labute approximate surface area is 125 Å². The quantitative estimate of drug-likeness (QED) is 0.610. The molecule has 0 saturated carbocycles. The van der Waals surface area contributed by atoms with Crippen molar-refractivity contribution in [3.05, 3.63) is 30.0 Å². The maximum atomic E-state index is 12.1. The van der Waals surface area contributed by atoms with E-state index in [2.05, 4.69) is 20.8 Å². The molecule has 0 aliphatic rings. The molecule has 4 N–H and O–H groups in total. The molecular formula is C14H16N4O4. The van der Waals surface area contributed by atoms with E-state index in [9.17, 15) is 14.4 Å². The number of aromatic amines is 1. The van der Waals surface area contributed by atoms with Crippen LogP contribution in [0.4, 0.5) is 0 Å². The van der Waals surface area contributed by atoms with E-state index in [4.69, 9.17) is 5.11 Å². The van der Waals surface area contributed by atoms with Crippen LogP contribution in [0.5, 0.6) is 0 Å². The van der Waals surface area contributed by atoms with Crippen LogP contribution in [0, 0.1) is 0 Å². The van der Waals surface area contributed by atoms with Crippen molar-refractivity contribution in [1.82, 2.24) is 20.8 Å². The minimum absolute atomic E-state index is 0.0136. The van der Waals surface area contributed by atoms with Crippen molar-refractivity contribution < 1.29 is 19.5 Å². The molecule has 8 heteroatoms. The first-order valence-electron chi connectivity index (χ1n) is 6.72. The van der Waals surface area contributed by atoms with Gasteiger partial charge in [0.2, 0.25) is 5.91 Å². The maximum absolute atomic E-state index is 12.1. The standard InChI is InChI=1S/C14H16N4O4/c1-8(13(21)15-7-6-11(19)20)16-14(22)12-9-4-2-3-5-10(9)17-18-12/h2-5,8H,6-7H2,1H3,(H,15,21)(H,16,22)(H,17,18)(H,19,20). The van der Waals surface area contributed by atoms with Crippen LogP contribution in [0.1, 0.15) is 23.8 Å². The van der Waals surface area contributed by atoms with Crippen LogP contribution >= 0.6 is 0 Å². The number of rotatable bonds is 6. The van der Waals surface area contributed by atoms with Gasteiger partial charge in [-0.15, -0.1) is 0 Å². The third-order valence-electron chi connectivity index (χ3n) is 3.06. The topological polar surface area (TPSA) is 124 Å². The number of carboxylic acids is 1. The van der Waals surface area contributed by atoms with Gasteiger partial charge in [0, 0.05) is 11.9 Å². The zero-order chi connectivity index (χ0) is 16.1. The summed E-state index contributed by atoms with van der Waals surface area (Å²) in [4.78, 5) is 34.3. The molecule has 8 nitrogen and oxygen atoms in total. The lowest BCUT2D eigenvalue weighted by atomic mass is 10.2. The molecule has 0 saturated heterocycles. The number of nitrogens with one attached hydrogen (secondary N) is 3. The fourth-order valence-corrected chi connectivity index (χ4v) is 1.91. The van der Waals surface area contributed by atoms with E-state index in [0.29, 0.717) is 5.39 Å². The molecule has 0 aliphatic heterocycles. The first kappa shape index (κ1) is 15.5. The van der Waals surface area contributed by atoms with Crippen molar-refractivity contribution in [3.8, 4) is 0 Å². The van der Waals surface area contributed by atoms with Gasteiger partial charge in [-0.05, 0) is 13.0 Å². The minimum atomic E-state index is -1.00. The monoisotopic (exact) mass is 304 g/mol. The number of hydrogen-bond donors (Lipinski definition) is 4. The van der Waals surface area contributed by atoms with E-state index in [1.807, 2.05) is 6.07 Å². The lowest BCUT2D eigenvalue weighted by molar-refractivity contribution is -0.137. The Morgan fingerprint density at radius 3 is 2.77 bits per heavy atom. The Hall–Kier alpha value is -2.90. The van der Waals surface area contributed by atoms with Gasteiger partial charge >= 0.3 is 5.97 Å². The summed E-state index contributed by atoms with van der Waals surface area (Å²) in [5.41, 5.74) is 0.937. The summed E-state index contributed by atoms with van der Waals surface area (Å²) < 4.78 is 0.